The van der Waals surface area contributed by atoms with Gasteiger partial charge in [0.15, 0.2) is 0 Å². The molecular formula is C22H25FN2O3S. The molecule has 2 aromatic carbocycles. The Kier molecular flexibility index (Phi) is 5.34. The molecule has 0 heterocycles. The Morgan fingerprint density at radius 3 is 2.34 bits per heavy atom. The highest BCUT2D eigenvalue weighted by Crippen LogP contribution is 2.44. The van der Waals surface area contributed by atoms with Gasteiger partial charge in [0.25, 0.3) is 10.0 Å². The van der Waals surface area contributed by atoms with Crippen LogP contribution in [0.25, 0.3) is 0 Å². The highest BCUT2D eigenvalue weighted by molar-refractivity contribution is 7.92. The third kappa shape index (κ3) is 4.15. The quantitative estimate of drug-likeness (QED) is 0.782. The monoisotopic (exact) mass is 416 g/mol. The van der Waals surface area contributed by atoms with Crippen molar-refractivity contribution in [1.82, 2.24) is 5.32 Å². The van der Waals surface area contributed by atoms with Gasteiger partial charge in [0, 0.05) is 6.04 Å². The molecule has 2 saturated carbocycles. The summed E-state index contributed by atoms with van der Waals surface area (Å²) in [6.45, 7) is 1.53. The molecule has 7 heteroatoms. The van der Waals surface area contributed by atoms with E-state index in [2.05, 4.69) is 5.32 Å². The Morgan fingerprint density at radius 1 is 1.07 bits per heavy atom. The molecule has 0 spiro atoms. The number of hydrogen-bond acceptors (Lipinski definition) is 3. The van der Waals surface area contributed by atoms with Gasteiger partial charge in [0.05, 0.1) is 10.6 Å². The van der Waals surface area contributed by atoms with E-state index in [1.807, 2.05) is 6.92 Å². The number of halogens is 1. The van der Waals surface area contributed by atoms with Crippen LogP contribution >= 0.6 is 0 Å². The van der Waals surface area contributed by atoms with Gasteiger partial charge in [-0.15, -0.1) is 0 Å². The SMILES string of the molecule is Cc1ccc(S(=O)(=O)N(CC(=O)N[C@@H]2C[C@@H]3CC[C@@H]2C3)c2ccc(F)cc2)cc1. The maximum Gasteiger partial charge on any atom is 0.264 e. The standard InChI is InChI=1S/C22H25FN2O3S/c1-15-2-10-20(11-3-15)29(27,28)25(19-8-6-18(23)7-9-19)14-22(26)24-21-13-16-4-5-17(21)12-16/h2-3,6-11,16-17,21H,4-5,12-14H2,1H3,(H,24,26)/t16-,17-,21-/m1/s1. The van der Waals surface area contributed by atoms with Gasteiger partial charge in [-0.05, 0) is 74.4 Å². The van der Waals surface area contributed by atoms with E-state index in [9.17, 15) is 17.6 Å². The number of fused-ring (bicyclic) bond motifs is 2. The van der Waals surface area contributed by atoms with E-state index in [1.165, 1.54) is 42.8 Å². The molecule has 2 bridgehead atoms. The maximum absolute atomic E-state index is 13.4. The molecule has 2 aliphatic carbocycles. The summed E-state index contributed by atoms with van der Waals surface area (Å²) in [4.78, 5) is 12.9. The number of sulfonamides is 1. The first-order valence-electron chi connectivity index (χ1n) is 9.97. The first-order chi connectivity index (χ1) is 13.8. The van der Waals surface area contributed by atoms with Gasteiger partial charge in [-0.3, -0.25) is 9.10 Å². The lowest BCUT2D eigenvalue weighted by Gasteiger charge is -2.27. The van der Waals surface area contributed by atoms with E-state index in [-0.39, 0.29) is 29.1 Å². The van der Waals surface area contributed by atoms with E-state index >= 15 is 0 Å². The summed E-state index contributed by atoms with van der Waals surface area (Å²) in [6.07, 6.45) is 4.46. The summed E-state index contributed by atoms with van der Waals surface area (Å²) in [7, 11) is -3.97. The van der Waals surface area contributed by atoms with E-state index in [1.54, 1.807) is 12.1 Å². The van der Waals surface area contributed by atoms with Gasteiger partial charge in [-0.25, -0.2) is 12.8 Å². The summed E-state index contributed by atoms with van der Waals surface area (Å²) >= 11 is 0. The molecule has 0 aliphatic heterocycles. The van der Waals surface area contributed by atoms with Crippen molar-refractivity contribution in [1.29, 1.82) is 0 Å². The molecule has 0 unspecified atom stereocenters. The van der Waals surface area contributed by atoms with Gasteiger partial charge >= 0.3 is 0 Å². The normalized spacial score (nSPS) is 23.2. The third-order valence-electron chi connectivity index (χ3n) is 6.10. The van der Waals surface area contributed by atoms with Crippen molar-refractivity contribution in [3.05, 3.63) is 59.9 Å². The van der Waals surface area contributed by atoms with Crippen molar-refractivity contribution in [3.63, 3.8) is 0 Å². The molecule has 29 heavy (non-hydrogen) atoms. The van der Waals surface area contributed by atoms with E-state index in [4.69, 9.17) is 0 Å². The minimum absolute atomic E-state index is 0.0974. The molecule has 154 valence electrons. The van der Waals surface area contributed by atoms with Crippen LogP contribution < -0.4 is 9.62 Å². The van der Waals surface area contributed by atoms with Gasteiger partial charge in [-0.2, -0.15) is 0 Å². The maximum atomic E-state index is 13.4. The Labute approximate surface area is 171 Å². The number of anilines is 1. The molecule has 2 fully saturated rings. The van der Waals surface area contributed by atoms with Crippen molar-refractivity contribution in [3.8, 4) is 0 Å². The number of nitrogens with one attached hydrogen (secondary N) is 1. The fourth-order valence-electron chi connectivity index (χ4n) is 4.56. The molecule has 2 aromatic rings. The lowest BCUT2D eigenvalue weighted by atomic mass is 9.95. The topological polar surface area (TPSA) is 66.5 Å². The first kappa shape index (κ1) is 19.9. The molecule has 0 aromatic heterocycles. The Hall–Kier alpha value is -2.41. The van der Waals surface area contributed by atoms with Gasteiger partial charge in [0.2, 0.25) is 5.91 Å². The third-order valence-corrected chi connectivity index (χ3v) is 7.88. The van der Waals surface area contributed by atoms with E-state index < -0.39 is 15.8 Å². The van der Waals surface area contributed by atoms with Crippen molar-refractivity contribution >= 4 is 21.6 Å². The predicted molar refractivity (Wildman–Crippen MR) is 109 cm³/mol. The van der Waals surface area contributed by atoms with Crippen LogP contribution in [0.1, 0.15) is 31.2 Å². The van der Waals surface area contributed by atoms with Gasteiger partial charge in [0.1, 0.15) is 12.4 Å². The lowest BCUT2D eigenvalue weighted by molar-refractivity contribution is -0.120. The number of carbonyl (C=O) groups excluding carboxylic acids is 1. The van der Waals surface area contributed by atoms with Crippen LogP contribution in [0.2, 0.25) is 0 Å². The smallest absolute Gasteiger partial charge is 0.264 e. The molecular weight excluding hydrogens is 391 g/mol. The molecule has 1 N–H and O–H groups in total. The molecule has 5 nitrogen and oxygen atoms in total. The number of carbonyl (C=O) groups is 1. The Morgan fingerprint density at radius 2 is 1.76 bits per heavy atom. The van der Waals surface area contributed by atoms with E-state index in [0.717, 1.165) is 29.1 Å². The van der Waals surface area contributed by atoms with Crippen molar-refractivity contribution in [2.75, 3.05) is 10.8 Å². The number of benzene rings is 2. The molecule has 3 atom stereocenters. The largest absolute Gasteiger partial charge is 0.352 e. The number of amides is 1. The predicted octanol–water partition coefficient (Wildman–Crippen LogP) is 3.63. The van der Waals surface area contributed by atoms with Gasteiger partial charge < -0.3 is 5.32 Å². The molecule has 0 saturated heterocycles. The second kappa shape index (κ2) is 7.78. The second-order valence-corrected chi connectivity index (χ2v) is 10.0. The number of hydrogen-bond donors (Lipinski definition) is 1. The minimum Gasteiger partial charge on any atom is -0.352 e. The van der Waals surface area contributed by atoms with Crippen molar-refractivity contribution in [2.24, 2.45) is 11.8 Å². The van der Waals surface area contributed by atoms with Crippen LogP contribution in [-0.2, 0) is 14.8 Å². The molecule has 4 rings (SSSR count). The highest BCUT2D eigenvalue weighted by Gasteiger charge is 2.40. The van der Waals surface area contributed by atoms with Crippen molar-refractivity contribution in [2.45, 2.75) is 43.5 Å². The summed E-state index contributed by atoms with van der Waals surface area (Å²) in [5.74, 6) is 0.377. The Bertz CT molecular complexity index is 990. The van der Waals surface area contributed by atoms with Crippen LogP contribution in [0.5, 0.6) is 0 Å². The zero-order valence-corrected chi connectivity index (χ0v) is 17.2. The van der Waals surface area contributed by atoms with Crippen LogP contribution in [0, 0.1) is 24.6 Å². The van der Waals surface area contributed by atoms with Crippen LogP contribution in [0.15, 0.2) is 53.4 Å². The molecule has 1 amide bonds. The average molecular weight is 417 g/mol. The van der Waals surface area contributed by atoms with Crippen LogP contribution in [0.4, 0.5) is 10.1 Å². The minimum atomic E-state index is -3.97. The van der Waals surface area contributed by atoms with Crippen LogP contribution in [-0.4, -0.2) is 26.9 Å². The summed E-state index contributed by atoms with van der Waals surface area (Å²) < 4.78 is 41.0. The van der Waals surface area contributed by atoms with Gasteiger partial charge in [-0.1, -0.05) is 24.1 Å². The zero-order valence-electron chi connectivity index (χ0n) is 16.3. The fourth-order valence-corrected chi connectivity index (χ4v) is 5.99. The zero-order chi connectivity index (χ0) is 20.6. The first-order valence-corrected chi connectivity index (χ1v) is 11.4. The number of rotatable bonds is 6. The van der Waals surface area contributed by atoms with E-state index in [0.29, 0.717) is 11.8 Å². The number of aryl methyl sites for hydroxylation is 1. The highest BCUT2D eigenvalue weighted by atomic mass is 32.2. The van der Waals surface area contributed by atoms with Crippen LogP contribution in [0.3, 0.4) is 0 Å². The second-order valence-electron chi connectivity index (χ2n) is 8.15. The molecule has 0 radical (unpaired) electrons. The fraction of sp³-hybridized carbons (Fsp3) is 0.409. The summed E-state index contributed by atoms with van der Waals surface area (Å²) in [6, 6.07) is 11.7. The molecule has 2 aliphatic rings. The lowest BCUT2D eigenvalue weighted by Crippen LogP contribution is -2.46. The van der Waals surface area contributed by atoms with Crippen molar-refractivity contribution < 1.29 is 17.6 Å². The summed E-state index contributed by atoms with van der Waals surface area (Å²) in [5.41, 5.74) is 1.20. The Balaban J connectivity index is 1.59. The average Bonchev–Trinajstić information content (AvgIpc) is 3.30. The summed E-state index contributed by atoms with van der Waals surface area (Å²) in [5, 5.41) is 3.04. The number of nitrogens with zero attached hydrogens (tertiary/aromatic N) is 1.